The van der Waals surface area contributed by atoms with Gasteiger partial charge in [0.05, 0.1) is 16.9 Å². The van der Waals surface area contributed by atoms with Crippen LogP contribution >= 0.6 is 0 Å². The Morgan fingerprint density at radius 2 is 1.82 bits per heavy atom. The van der Waals surface area contributed by atoms with Gasteiger partial charge in [0.2, 0.25) is 10.0 Å². The van der Waals surface area contributed by atoms with Gasteiger partial charge in [-0.2, -0.15) is 0 Å². The molecule has 0 spiro atoms. The first-order valence-electron chi connectivity index (χ1n) is 9.29. The van der Waals surface area contributed by atoms with Crippen LogP contribution in [0.3, 0.4) is 0 Å². The lowest BCUT2D eigenvalue weighted by Gasteiger charge is -2.25. The third-order valence-corrected chi connectivity index (χ3v) is 7.75. The van der Waals surface area contributed by atoms with Crippen molar-refractivity contribution >= 4 is 19.9 Å². The van der Waals surface area contributed by atoms with Gasteiger partial charge in [-0.25, -0.2) is 21.6 Å². The second-order valence-corrected chi connectivity index (χ2v) is 11.5. The number of hydrogen-bond donors (Lipinski definition) is 1. The van der Waals surface area contributed by atoms with Crippen LogP contribution in [0.25, 0.3) is 0 Å². The first kappa shape index (κ1) is 19.4. The molecule has 1 saturated carbocycles. The number of fused-ring (bicyclic) bond motifs is 1. The molecule has 1 atom stereocenters. The Morgan fingerprint density at radius 1 is 1.07 bits per heavy atom. The van der Waals surface area contributed by atoms with Crippen molar-refractivity contribution in [1.29, 1.82) is 0 Å². The van der Waals surface area contributed by atoms with Crippen molar-refractivity contribution in [2.45, 2.75) is 36.6 Å². The first-order valence-corrected chi connectivity index (χ1v) is 12.8. The molecule has 2 aromatic rings. The second kappa shape index (κ2) is 7.17. The molecule has 4 rings (SSSR count). The van der Waals surface area contributed by atoms with E-state index in [1.54, 1.807) is 30.3 Å². The highest BCUT2D eigenvalue weighted by Crippen LogP contribution is 2.49. The van der Waals surface area contributed by atoms with E-state index in [9.17, 15) is 16.8 Å². The van der Waals surface area contributed by atoms with E-state index in [1.807, 2.05) is 12.1 Å². The fraction of sp³-hybridized carbons (Fsp3) is 0.400. The van der Waals surface area contributed by atoms with Crippen LogP contribution in [0.2, 0.25) is 0 Å². The number of hydrogen-bond acceptors (Lipinski definition) is 5. The first-order chi connectivity index (χ1) is 13.2. The second-order valence-electron chi connectivity index (χ2n) is 7.59. The van der Waals surface area contributed by atoms with Gasteiger partial charge in [0.1, 0.15) is 11.5 Å². The lowest BCUT2D eigenvalue weighted by molar-refractivity contribution is 0.476. The van der Waals surface area contributed by atoms with Gasteiger partial charge in [-0.1, -0.05) is 18.2 Å². The van der Waals surface area contributed by atoms with Crippen molar-refractivity contribution in [2.24, 2.45) is 5.92 Å². The average Bonchev–Trinajstić information content (AvgIpc) is 3.45. The smallest absolute Gasteiger partial charge is 0.209 e. The van der Waals surface area contributed by atoms with E-state index >= 15 is 0 Å². The zero-order chi connectivity index (χ0) is 19.9. The minimum absolute atomic E-state index is 0.164. The lowest BCUT2D eigenvalue weighted by atomic mass is 9.91. The van der Waals surface area contributed by atoms with E-state index in [0.29, 0.717) is 34.7 Å². The third-order valence-electron chi connectivity index (χ3n) is 5.28. The van der Waals surface area contributed by atoms with Crippen LogP contribution in [-0.4, -0.2) is 28.8 Å². The number of rotatable bonds is 6. The lowest BCUT2D eigenvalue weighted by Crippen LogP contribution is -2.21. The highest BCUT2D eigenvalue weighted by Gasteiger charge is 2.39. The molecule has 0 bridgehead atoms. The molecule has 0 radical (unpaired) electrons. The summed E-state index contributed by atoms with van der Waals surface area (Å²) < 4.78 is 56.0. The van der Waals surface area contributed by atoms with Crippen LogP contribution in [-0.2, 0) is 26.4 Å². The van der Waals surface area contributed by atoms with Gasteiger partial charge in [-0.3, -0.25) is 0 Å². The topological polar surface area (TPSA) is 89.5 Å². The van der Waals surface area contributed by atoms with Crippen LogP contribution in [0.1, 0.15) is 36.3 Å². The average molecular weight is 422 g/mol. The summed E-state index contributed by atoms with van der Waals surface area (Å²) in [5, 5.41) is 0. The van der Waals surface area contributed by atoms with E-state index in [-0.39, 0.29) is 12.3 Å². The SMILES string of the molecule is CS(=O)(=O)NCc1cccc(Oc2ccc3c(c2)S(=O)(=O)CCC3C2CC2)c1. The fourth-order valence-electron chi connectivity index (χ4n) is 3.76. The minimum Gasteiger partial charge on any atom is -0.457 e. The maximum Gasteiger partial charge on any atom is 0.209 e. The molecule has 2 aromatic carbocycles. The standard InChI is InChI=1S/C20H23NO5S2/c1-27(22,23)21-13-14-3-2-4-16(11-14)26-17-7-8-19-18(15-5-6-15)9-10-28(24,25)20(19)12-17/h2-4,7-8,11-12,15,18,21H,5-6,9-10,13H2,1H3. The number of ether oxygens (including phenoxy) is 1. The van der Waals surface area contributed by atoms with Crippen LogP contribution < -0.4 is 9.46 Å². The van der Waals surface area contributed by atoms with E-state index in [4.69, 9.17) is 4.74 Å². The molecule has 1 fully saturated rings. The molecular formula is C20H23NO5S2. The molecule has 1 aliphatic heterocycles. The molecule has 8 heteroatoms. The molecule has 28 heavy (non-hydrogen) atoms. The van der Waals surface area contributed by atoms with Gasteiger partial charge in [-0.15, -0.1) is 0 Å². The molecule has 1 unspecified atom stereocenters. The Kier molecular flexibility index (Phi) is 4.97. The summed E-state index contributed by atoms with van der Waals surface area (Å²) in [6, 6.07) is 12.4. The van der Waals surface area contributed by atoms with Crippen LogP contribution in [0, 0.1) is 5.92 Å². The molecule has 2 aliphatic rings. The molecule has 0 amide bonds. The normalized spacial score (nSPS) is 21.1. The van der Waals surface area contributed by atoms with Gasteiger partial charge in [0.15, 0.2) is 9.84 Å². The minimum atomic E-state index is -3.29. The molecule has 0 saturated heterocycles. The van der Waals surface area contributed by atoms with Gasteiger partial charge in [-0.05, 0) is 66.5 Å². The zero-order valence-corrected chi connectivity index (χ0v) is 17.2. The molecule has 6 nitrogen and oxygen atoms in total. The number of benzene rings is 2. The van der Waals surface area contributed by atoms with Crippen molar-refractivity contribution in [2.75, 3.05) is 12.0 Å². The van der Waals surface area contributed by atoms with Gasteiger partial charge in [0.25, 0.3) is 0 Å². The largest absolute Gasteiger partial charge is 0.457 e. The Balaban J connectivity index is 1.58. The zero-order valence-electron chi connectivity index (χ0n) is 15.6. The summed E-state index contributed by atoms with van der Waals surface area (Å²) in [4.78, 5) is 0.392. The van der Waals surface area contributed by atoms with E-state index < -0.39 is 19.9 Å². The van der Waals surface area contributed by atoms with Crippen molar-refractivity contribution in [3.8, 4) is 11.5 Å². The predicted octanol–water partition coefficient (Wildman–Crippen LogP) is 3.20. The Bertz CT molecular complexity index is 1110. The van der Waals surface area contributed by atoms with E-state index in [1.165, 1.54) is 12.8 Å². The van der Waals surface area contributed by atoms with E-state index in [2.05, 4.69) is 4.72 Å². The molecule has 150 valence electrons. The van der Waals surface area contributed by atoms with Crippen LogP contribution in [0.5, 0.6) is 11.5 Å². The molecule has 1 heterocycles. The van der Waals surface area contributed by atoms with Gasteiger partial charge < -0.3 is 4.74 Å². The van der Waals surface area contributed by atoms with Crippen molar-refractivity contribution in [3.05, 3.63) is 53.6 Å². The van der Waals surface area contributed by atoms with E-state index in [0.717, 1.165) is 17.4 Å². The molecule has 1 aliphatic carbocycles. The monoisotopic (exact) mass is 421 g/mol. The predicted molar refractivity (Wildman–Crippen MR) is 107 cm³/mol. The molecular weight excluding hydrogens is 398 g/mol. The Hall–Kier alpha value is -1.90. The van der Waals surface area contributed by atoms with Crippen molar-refractivity contribution < 1.29 is 21.6 Å². The molecule has 0 aromatic heterocycles. The fourth-order valence-corrected chi connectivity index (χ4v) is 5.85. The summed E-state index contributed by atoms with van der Waals surface area (Å²) in [6.07, 6.45) is 4.17. The van der Waals surface area contributed by atoms with Crippen molar-refractivity contribution in [3.63, 3.8) is 0 Å². The maximum absolute atomic E-state index is 12.6. The highest BCUT2D eigenvalue weighted by molar-refractivity contribution is 7.91. The Labute approximate surface area is 165 Å². The summed E-state index contributed by atoms with van der Waals surface area (Å²) >= 11 is 0. The van der Waals surface area contributed by atoms with Crippen LogP contribution in [0.4, 0.5) is 0 Å². The van der Waals surface area contributed by atoms with Gasteiger partial charge >= 0.3 is 0 Å². The quantitative estimate of drug-likeness (QED) is 0.774. The molecule has 1 N–H and O–H groups in total. The maximum atomic E-state index is 12.6. The summed E-state index contributed by atoms with van der Waals surface area (Å²) in [6.45, 7) is 0.164. The van der Waals surface area contributed by atoms with Gasteiger partial charge in [0, 0.05) is 6.54 Å². The van der Waals surface area contributed by atoms with Crippen LogP contribution in [0.15, 0.2) is 47.4 Å². The third kappa shape index (κ3) is 4.39. The summed E-state index contributed by atoms with van der Waals surface area (Å²) in [5.74, 6) is 2.13. The van der Waals surface area contributed by atoms with Crippen molar-refractivity contribution in [1.82, 2.24) is 4.72 Å². The highest BCUT2D eigenvalue weighted by atomic mass is 32.2. The number of sulfonamides is 1. The number of nitrogens with one attached hydrogen (secondary N) is 1. The Morgan fingerprint density at radius 3 is 2.54 bits per heavy atom. The number of sulfone groups is 1. The summed E-state index contributed by atoms with van der Waals surface area (Å²) in [7, 11) is -6.57. The summed E-state index contributed by atoms with van der Waals surface area (Å²) in [5.41, 5.74) is 1.68.